The number of rotatable bonds is 7. The van der Waals surface area contributed by atoms with Gasteiger partial charge >= 0.3 is 0 Å². The topological polar surface area (TPSA) is 59.1 Å². The van der Waals surface area contributed by atoms with E-state index < -0.39 is 0 Å². The standard InChI is InChI=1S/C12H22N4O/c1-5-13-11-9(2)12(16-10(3)15-11)14-7-6-8-17-4/h5-8H2,1-4H3,(H2,13,14,15,16). The molecule has 0 fully saturated rings. The monoisotopic (exact) mass is 238 g/mol. The third-order valence-electron chi connectivity index (χ3n) is 2.42. The lowest BCUT2D eigenvalue weighted by atomic mass is 10.3. The van der Waals surface area contributed by atoms with Gasteiger partial charge in [0.25, 0.3) is 0 Å². The van der Waals surface area contributed by atoms with Crippen LogP contribution in [0.1, 0.15) is 24.7 Å². The number of anilines is 2. The quantitative estimate of drug-likeness (QED) is 0.711. The Morgan fingerprint density at radius 1 is 1.12 bits per heavy atom. The average Bonchev–Trinajstić information content (AvgIpc) is 2.30. The summed E-state index contributed by atoms with van der Waals surface area (Å²) in [4.78, 5) is 8.79. The Morgan fingerprint density at radius 2 is 1.76 bits per heavy atom. The highest BCUT2D eigenvalue weighted by molar-refractivity contribution is 5.57. The predicted octanol–water partition coefficient (Wildman–Crippen LogP) is 1.97. The van der Waals surface area contributed by atoms with Crippen molar-refractivity contribution in [3.05, 3.63) is 11.4 Å². The molecule has 1 heterocycles. The van der Waals surface area contributed by atoms with Crippen LogP contribution in [0.15, 0.2) is 0 Å². The molecule has 0 atom stereocenters. The van der Waals surface area contributed by atoms with Gasteiger partial charge in [0, 0.05) is 32.4 Å². The molecule has 0 radical (unpaired) electrons. The van der Waals surface area contributed by atoms with E-state index in [1.54, 1.807) is 7.11 Å². The fraction of sp³-hybridized carbons (Fsp3) is 0.667. The van der Waals surface area contributed by atoms with E-state index in [-0.39, 0.29) is 0 Å². The molecule has 0 aliphatic heterocycles. The first-order chi connectivity index (χ1) is 8.19. The minimum atomic E-state index is 0.760. The molecular formula is C12H22N4O. The van der Waals surface area contributed by atoms with Crippen LogP contribution < -0.4 is 10.6 Å². The van der Waals surface area contributed by atoms with Crippen LogP contribution in [0.3, 0.4) is 0 Å². The van der Waals surface area contributed by atoms with Crippen molar-refractivity contribution < 1.29 is 4.74 Å². The Morgan fingerprint density at radius 3 is 2.35 bits per heavy atom. The lowest BCUT2D eigenvalue weighted by Gasteiger charge is -2.13. The molecule has 1 aromatic rings. The van der Waals surface area contributed by atoms with Crippen LogP contribution >= 0.6 is 0 Å². The summed E-state index contributed by atoms with van der Waals surface area (Å²) in [6.07, 6.45) is 0.968. The summed E-state index contributed by atoms with van der Waals surface area (Å²) in [6, 6.07) is 0. The van der Waals surface area contributed by atoms with Crippen LogP contribution in [-0.4, -0.2) is 36.8 Å². The fourth-order valence-electron chi connectivity index (χ4n) is 1.56. The summed E-state index contributed by atoms with van der Waals surface area (Å²) in [5.41, 5.74) is 1.06. The number of nitrogens with zero attached hydrogens (tertiary/aromatic N) is 2. The molecule has 0 saturated carbocycles. The minimum Gasteiger partial charge on any atom is -0.385 e. The highest BCUT2D eigenvalue weighted by Gasteiger charge is 2.07. The molecule has 0 amide bonds. The Labute approximate surface area is 103 Å². The summed E-state index contributed by atoms with van der Waals surface area (Å²) in [7, 11) is 1.71. The van der Waals surface area contributed by atoms with E-state index in [9.17, 15) is 0 Å². The third kappa shape index (κ3) is 4.19. The van der Waals surface area contributed by atoms with E-state index in [1.165, 1.54) is 0 Å². The fourth-order valence-corrected chi connectivity index (χ4v) is 1.56. The van der Waals surface area contributed by atoms with Gasteiger partial charge in [-0.15, -0.1) is 0 Å². The van der Waals surface area contributed by atoms with E-state index in [4.69, 9.17) is 4.74 Å². The van der Waals surface area contributed by atoms with Crippen LogP contribution in [0.4, 0.5) is 11.6 Å². The maximum absolute atomic E-state index is 5.01. The van der Waals surface area contributed by atoms with Crippen molar-refractivity contribution in [2.45, 2.75) is 27.2 Å². The molecule has 96 valence electrons. The summed E-state index contributed by atoms with van der Waals surface area (Å²) < 4.78 is 5.01. The molecular weight excluding hydrogens is 216 g/mol. The zero-order valence-corrected chi connectivity index (χ0v) is 11.1. The van der Waals surface area contributed by atoms with Crippen molar-refractivity contribution in [1.29, 1.82) is 0 Å². The molecule has 0 saturated heterocycles. The largest absolute Gasteiger partial charge is 0.385 e. The minimum absolute atomic E-state index is 0.760. The Bertz CT molecular complexity index is 355. The van der Waals surface area contributed by atoms with Crippen molar-refractivity contribution in [2.75, 3.05) is 37.4 Å². The van der Waals surface area contributed by atoms with E-state index in [1.807, 2.05) is 13.8 Å². The van der Waals surface area contributed by atoms with Crippen molar-refractivity contribution in [2.24, 2.45) is 0 Å². The molecule has 1 rings (SSSR count). The molecule has 1 aromatic heterocycles. The zero-order chi connectivity index (χ0) is 12.7. The number of nitrogens with one attached hydrogen (secondary N) is 2. The number of ether oxygens (including phenoxy) is 1. The molecule has 17 heavy (non-hydrogen) atoms. The van der Waals surface area contributed by atoms with E-state index in [2.05, 4.69) is 27.5 Å². The van der Waals surface area contributed by atoms with Gasteiger partial charge in [-0.25, -0.2) is 9.97 Å². The zero-order valence-electron chi connectivity index (χ0n) is 11.1. The molecule has 0 spiro atoms. The van der Waals surface area contributed by atoms with Crippen LogP contribution in [0.5, 0.6) is 0 Å². The summed E-state index contributed by atoms with van der Waals surface area (Å²) in [6.45, 7) is 8.46. The Balaban J connectivity index is 2.69. The second-order valence-electron chi connectivity index (χ2n) is 3.90. The van der Waals surface area contributed by atoms with Gasteiger partial charge in [-0.05, 0) is 27.2 Å². The second kappa shape index (κ2) is 7.06. The summed E-state index contributed by atoms with van der Waals surface area (Å²) >= 11 is 0. The molecule has 5 nitrogen and oxygen atoms in total. The van der Waals surface area contributed by atoms with Crippen LogP contribution in [0.2, 0.25) is 0 Å². The van der Waals surface area contributed by atoms with E-state index in [0.29, 0.717) is 0 Å². The first-order valence-electron chi connectivity index (χ1n) is 6.01. The number of methoxy groups -OCH3 is 1. The van der Waals surface area contributed by atoms with Crippen LogP contribution in [0, 0.1) is 13.8 Å². The Hall–Kier alpha value is -1.36. The van der Waals surface area contributed by atoms with Crippen molar-refractivity contribution in [3.63, 3.8) is 0 Å². The lowest BCUT2D eigenvalue weighted by Crippen LogP contribution is -2.11. The molecule has 0 unspecified atom stereocenters. The van der Waals surface area contributed by atoms with E-state index >= 15 is 0 Å². The van der Waals surface area contributed by atoms with Gasteiger partial charge in [0.15, 0.2) is 0 Å². The number of aromatic nitrogens is 2. The van der Waals surface area contributed by atoms with Gasteiger partial charge in [0.2, 0.25) is 0 Å². The predicted molar refractivity (Wildman–Crippen MR) is 70.7 cm³/mol. The lowest BCUT2D eigenvalue weighted by molar-refractivity contribution is 0.197. The van der Waals surface area contributed by atoms with E-state index in [0.717, 1.165) is 49.1 Å². The van der Waals surface area contributed by atoms with Crippen molar-refractivity contribution in [1.82, 2.24) is 9.97 Å². The van der Waals surface area contributed by atoms with Gasteiger partial charge < -0.3 is 15.4 Å². The van der Waals surface area contributed by atoms with Crippen molar-refractivity contribution >= 4 is 11.6 Å². The molecule has 5 heteroatoms. The summed E-state index contributed by atoms with van der Waals surface area (Å²) in [5, 5.41) is 6.56. The first-order valence-corrected chi connectivity index (χ1v) is 6.01. The third-order valence-corrected chi connectivity index (χ3v) is 2.42. The average molecular weight is 238 g/mol. The van der Waals surface area contributed by atoms with Crippen LogP contribution in [0.25, 0.3) is 0 Å². The molecule has 0 aromatic carbocycles. The first kappa shape index (κ1) is 13.7. The molecule has 0 aliphatic rings. The normalized spacial score (nSPS) is 10.4. The maximum Gasteiger partial charge on any atom is 0.134 e. The number of hydrogen-bond acceptors (Lipinski definition) is 5. The van der Waals surface area contributed by atoms with Gasteiger partial charge in [-0.1, -0.05) is 0 Å². The second-order valence-corrected chi connectivity index (χ2v) is 3.90. The van der Waals surface area contributed by atoms with Gasteiger partial charge in [0.1, 0.15) is 17.5 Å². The van der Waals surface area contributed by atoms with Crippen molar-refractivity contribution in [3.8, 4) is 0 Å². The van der Waals surface area contributed by atoms with Crippen LogP contribution in [-0.2, 0) is 4.74 Å². The SMILES string of the molecule is CCNc1nc(C)nc(NCCCOC)c1C. The van der Waals surface area contributed by atoms with Gasteiger partial charge in [-0.2, -0.15) is 0 Å². The number of aryl methyl sites for hydroxylation is 1. The summed E-state index contributed by atoms with van der Waals surface area (Å²) in [5.74, 6) is 2.60. The smallest absolute Gasteiger partial charge is 0.134 e. The molecule has 0 aliphatic carbocycles. The highest BCUT2D eigenvalue weighted by Crippen LogP contribution is 2.19. The van der Waals surface area contributed by atoms with Gasteiger partial charge in [-0.3, -0.25) is 0 Å². The Kier molecular flexibility index (Phi) is 5.69. The molecule has 2 N–H and O–H groups in total. The molecule has 0 bridgehead atoms. The van der Waals surface area contributed by atoms with Gasteiger partial charge in [0.05, 0.1) is 0 Å². The highest BCUT2D eigenvalue weighted by atomic mass is 16.5. The maximum atomic E-state index is 5.01. The number of hydrogen-bond donors (Lipinski definition) is 2.